The van der Waals surface area contributed by atoms with E-state index >= 15 is 0 Å². The third kappa shape index (κ3) is 3.05. The lowest BCUT2D eigenvalue weighted by Crippen LogP contribution is -2.60. The maximum absolute atomic E-state index is 13.6. The molecule has 6 atom stereocenters. The van der Waals surface area contributed by atoms with E-state index in [1.54, 1.807) is 6.08 Å². The zero-order valence-corrected chi connectivity index (χ0v) is 21.3. The van der Waals surface area contributed by atoms with Crippen molar-refractivity contribution in [2.75, 3.05) is 5.75 Å². The number of Topliss-reactive ketones (excluding diaryl/α,β-unsaturated/α-hetero) is 1. The average Bonchev–Trinajstić information content (AvgIpc) is 3.49. The summed E-state index contributed by atoms with van der Waals surface area (Å²) in [4.78, 5) is 30.3. The summed E-state index contributed by atoms with van der Waals surface area (Å²) in [7, 11) is 0. The number of hydrogen-bond acceptors (Lipinski definition) is 5. The Hall–Kier alpha value is -1.72. The Kier molecular flexibility index (Phi) is 4.94. The molecule has 0 aromatic carbocycles. The zero-order chi connectivity index (χ0) is 23.9. The molecule has 5 unspecified atom stereocenters. The number of thioether (sulfide) groups is 1. The fourth-order valence-electron chi connectivity index (χ4n) is 8.88. The van der Waals surface area contributed by atoms with Crippen molar-refractivity contribution in [3.05, 3.63) is 47.7 Å². The lowest BCUT2D eigenvalue weighted by Gasteiger charge is -2.61. The molecule has 1 aromatic heterocycles. The summed E-state index contributed by atoms with van der Waals surface area (Å²) in [5.74, 6) is 1.72. The van der Waals surface area contributed by atoms with Crippen molar-refractivity contribution in [2.24, 2.45) is 34.0 Å². The number of carbonyl (C=O) groups is 2. The third-order valence-electron chi connectivity index (χ3n) is 10.5. The first kappa shape index (κ1) is 22.7. The van der Waals surface area contributed by atoms with E-state index in [1.165, 1.54) is 30.2 Å². The van der Waals surface area contributed by atoms with Crippen LogP contribution in [0.4, 0.5) is 0 Å². The third-order valence-corrected chi connectivity index (χ3v) is 11.4. The van der Waals surface area contributed by atoms with Crippen molar-refractivity contribution in [2.45, 2.75) is 76.3 Å². The molecular formula is C29H35NO3S. The normalized spacial score (nSPS) is 41.5. The Morgan fingerprint density at radius 3 is 2.74 bits per heavy atom. The first-order valence-electron chi connectivity index (χ1n) is 12.9. The minimum absolute atomic E-state index is 0.0224. The monoisotopic (exact) mass is 477 g/mol. The number of nitrogens with zero attached hydrogens (tertiary/aromatic N) is 1. The minimum Gasteiger partial charge on any atom is -0.381 e. The van der Waals surface area contributed by atoms with Crippen LogP contribution in [-0.2, 0) is 9.59 Å². The number of aliphatic hydroxyl groups is 1. The molecule has 1 heterocycles. The van der Waals surface area contributed by atoms with Crippen LogP contribution in [0.5, 0.6) is 0 Å². The van der Waals surface area contributed by atoms with E-state index in [1.807, 2.05) is 31.2 Å². The smallest absolute Gasteiger partial charge is 0.178 e. The highest BCUT2D eigenvalue weighted by atomic mass is 32.2. The molecule has 6 rings (SSSR count). The summed E-state index contributed by atoms with van der Waals surface area (Å²) in [5.41, 5.74) is 0.724. The number of ketones is 2. The number of aromatic nitrogens is 1. The molecule has 1 N–H and O–H groups in total. The zero-order valence-electron chi connectivity index (χ0n) is 20.5. The number of hydrogen-bond donors (Lipinski definition) is 1. The van der Waals surface area contributed by atoms with Gasteiger partial charge in [-0.15, -0.1) is 0 Å². The van der Waals surface area contributed by atoms with Crippen molar-refractivity contribution in [1.29, 1.82) is 0 Å². The fourth-order valence-corrected chi connectivity index (χ4v) is 9.78. The number of aryl methyl sites for hydroxylation is 1. The standard InChI is InChI=1S/C29H35NO3S/c1-18-5-4-6-24(30-18)34-16-23(32)29(33)12-10-22-21-8-7-19-15-20(31)9-11-26(19,2)25(21)28(13-14-28)17-27(22,29)3/h4-6,9,11,15,21-22,25,33H,7-8,10,12-14,16-17H2,1-3H3/t21?,22?,25?,26?,27?,29-/m0/s1. The molecule has 0 saturated heterocycles. The first-order valence-corrected chi connectivity index (χ1v) is 13.9. The predicted molar refractivity (Wildman–Crippen MR) is 133 cm³/mol. The summed E-state index contributed by atoms with van der Waals surface area (Å²) in [6.07, 6.45) is 12.7. The van der Waals surface area contributed by atoms with E-state index < -0.39 is 5.60 Å². The van der Waals surface area contributed by atoms with Gasteiger partial charge in [-0.05, 0) is 99.3 Å². The molecule has 34 heavy (non-hydrogen) atoms. The summed E-state index contributed by atoms with van der Waals surface area (Å²) in [6.45, 7) is 6.53. The highest BCUT2D eigenvalue weighted by Crippen LogP contribution is 2.77. The van der Waals surface area contributed by atoms with Gasteiger partial charge < -0.3 is 5.11 Å². The largest absolute Gasteiger partial charge is 0.381 e. The Balaban J connectivity index is 1.30. The minimum atomic E-state index is -1.26. The molecule has 1 aromatic rings. The van der Waals surface area contributed by atoms with Gasteiger partial charge in [0.1, 0.15) is 5.60 Å². The summed E-state index contributed by atoms with van der Waals surface area (Å²) in [6, 6.07) is 5.86. The Bertz CT molecular complexity index is 1140. The van der Waals surface area contributed by atoms with E-state index in [0.717, 1.165) is 36.4 Å². The van der Waals surface area contributed by atoms with Gasteiger partial charge in [-0.1, -0.05) is 43.3 Å². The number of fused-ring (bicyclic) bond motifs is 6. The Labute approximate surface area is 206 Å². The van der Waals surface area contributed by atoms with Gasteiger partial charge in [-0.25, -0.2) is 4.98 Å². The topological polar surface area (TPSA) is 67.3 Å². The van der Waals surface area contributed by atoms with Gasteiger partial charge in [0.15, 0.2) is 11.6 Å². The Morgan fingerprint density at radius 2 is 2.00 bits per heavy atom. The van der Waals surface area contributed by atoms with Crippen LogP contribution in [0.2, 0.25) is 0 Å². The van der Waals surface area contributed by atoms with Gasteiger partial charge in [0.2, 0.25) is 0 Å². The number of pyridine rings is 1. The molecular weight excluding hydrogens is 442 g/mol. The SMILES string of the molecule is Cc1cccc(SCC(=O)[C@@]2(O)CCC3C4CCC5=CC(=O)C=CC5(C)C4C4(CC4)CC32C)n1. The van der Waals surface area contributed by atoms with Crippen LogP contribution in [0.25, 0.3) is 0 Å². The van der Waals surface area contributed by atoms with E-state index in [0.29, 0.717) is 24.2 Å². The molecule has 0 bridgehead atoms. The van der Waals surface area contributed by atoms with E-state index in [-0.39, 0.29) is 33.6 Å². The van der Waals surface area contributed by atoms with Crippen molar-refractivity contribution in [3.63, 3.8) is 0 Å². The lowest BCUT2D eigenvalue weighted by atomic mass is 9.43. The highest BCUT2D eigenvalue weighted by molar-refractivity contribution is 7.99. The van der Waals surface area contributed by atoms with Crippen molar-refractivity contribution in [3.8, 4) is 0 Å². The van der Waals surface area contributed by atoms with Crippen molar-refractivity contribution >= 4 is 23.3 Å². The van der Waals surface area contributed by atoms with E-state index in [9.17, 15) is 14.7 Å². The van der Waals surface area contributed by atoms with Crippen LogP contribution in [0, 0.1) is 40.9 Å². The van der Waals surface area contributed by atoms with E-state index in [4.69, 9.17) is 0 Å². The maximum atomic E-state index is 13.6. The van der Waals surface area contributed by atoms with Crippen molar-refractivity contribution < 1.29 is 14.7 Å². The molecule has 5 heteroatoms. The maximum Gasteiger partial charge on any atom is 0.178 e. The molecule has 0 aliphatic heterocycles. The predicted octanol–water partition coefficient (Wildman–Crippen LogP) is 5.48. The van der Waals surface area contributed by atoms with Gasteiger partial charge in [0.25, 0.3) is 0 Å². The first-order chi connectivity index (χ1) is 16.1. The van der Waals surface area contributed by atoms with Crippen molar-refractivity contribution in [1.82, 2.24) is 4.98 Å². The van der Waals surface area contributed by atoms with Crippen LogP contribution in [0.3, 0.4) is 0 Å². The summed E-state index contributed by atoms with van der Waals surface area (Å²) in [5, 5.41) is 12.9. The molecule has 0 amide bonds. The highest BCUT2D eigenvalue weighted by Gasteiger charge is 2.73. The molecule has 4 nitrogen and oxygen atoms in total. The second-order valence-electron chi connectivity index (χ2n) is 12.2. The van der Waals surface area contributed by atoms with Gasteiger partial charge in [0.05, 0.1) is 10.8 Å². The molecule has 4 fully saturated rings. The van der Waals surface area contributed by atoms with Crippen LogP contribution in [0.1, 0.15) is 64.5 Å². The van der Waals surface area contributed by atoms with Crippen LogP contribution >= 0.6 is 11.8 Å². The quantitative estimate of drug-likeness (QED) is 0.582. The lowest BCUT2D eigenvalue weighted by molar-refractivity contribution is -0.168. The molecule has 180 valence electrons. The van der Waals surface area contributed by atoms with Crippen LogP contribution < -0.4 is 0 Å². The molecule has 4 saturated carbocycles. The number of rotatable bonds is 4. The van der Waals surface area contributed by atoms with Crippen LogP contribution in [-0.4, -0.2) is 33.0 Å². The summed E-state index contributed by atoms with van der Waals surface area (Å²) < 4.78 is 0. The molecule has 0 radical (unpaired) electrons. The van der Waals surface area contributed by atoms with Gasteiger partial charge >= 0.3 is 0 Å². The van der Waals surface area contributed by atoms with Gasteiger partial charge in [-0.3, -0.25) is 9.59 Å². The summed E-state index contributed by atoms with van der Waals surface area (Å²) >= 11 is 1.45. The van der Waals surface area contributed by atoms with Gasteiger partial charge in [0, 0.05) is 16.5 Å². The second kappa shape index (κ2) is 7.39. The number of carbonyl (C=O) groups excluding carboxylic acids is 2. The van der Waals surface area contributed by atoms with E-state index in [2.05, 4.69) is 24.9 Å². The second-order valence-corrected chi connectivity index (χ2v) is 13.2. The molecule has 1 spiro atoms. The average molecular weight is 478 g/mol. The van der Waals surface area contributed by atoms with Crippen LogP contribution in [0.15, 0.2) is 47.0 Å². The van der Waals surface area contributed by atoms with Gasteiger partial charge in [-0.2, -0.15) is 0 Å². The Morgan fingerprint density at radius 1 is 1.21 bits per heavy atom. The number of allylic oxidation sites excluding steroid dienone is 4. The molecule has 5 aliphatic carbocycles. The fraction of sp³-hybridized carbons (Fsp3) is 0.621. The molecule has 5 aliphatic rings.